The van der Waals surface area contributed by atoms with Crippen LogP contribution < -0.4 is 9.64 Å². The number of nitrogens with zero attached hydrogens (tertiary/aromatic N) is 4. The van der Waals surface area contributed by atoms with E-state index < -0.39 is 22.6 Å². The molecule has 0 unspecified atom stereocenters. The molecule has 154 valence electrons. The third-order valence-corrected chi connectivity index (χ3v) is 5.64. The van der Waals surface area contributed by atoms with Gasteiger partial charge in [-0.2, -0.15) is 9.38 Å². The van der Waals surface area contributed by atoms with Gasteiger partial charge in [-0.1, -0.05) is 23.5 Å². The maximum Gasteiger partial charge on any atom is 0.573 e. The zero-order chi connectivity index (χ0) is 20.8. The van der Waals surface area contributed by atoms with Crippen LogP contribution in [0.4, 0.5) is 24.8 Å². The molecule has 29 heavy (non-hydrogen) atoms. The molecular weight excluding hydrogens is 413 g/mol. The molecule has 1 aromatic carbocycles. The molecule has 1 aliphatic heterocycles. The molecule has 1 fully saturated rings. The summed E-state index contributed by atoms with van der Waals surface area (Å²) >= 11 is 1.27. The predicted octanol–water partition coefficient (Wildman–Crippen LogP) is 3.69. The molecule has 1 saturated heterocycles. The minimum Gasteiger partial charge on any atom is -0.406 e. The van der Waals surface area contributed by atoms with Crippen LogP contribution in [0.1, 0.15) is 18.4 Å². The smallest absolute Gasteiger partial charge is 0.406 e. The van der Waals surface area contributed by atoms with Gasteiger partial charge in [-0.3, -0.25) is 0 Å². The first-order chi connectivity index (χ1) is 13.7. The average Bonchev–Trinajstić information content (AvgIpc) is 3.22. The van der Waals surface area contributed by atoms with E-state index in [4.69, 9.17) is 0 Å². The molecule has 8 nitrogen and oxygen atoms in total. The van der Waals surface area contributed by atoms with E-state index in [1.807, 2.05) is 0 Å². The summed E-state index contributed by atoms with van der Waals surface area (Å²) in [6.07, 6.45) is -2.91. The Kier molecular flexibility index (Phi) is 4.62. The van der Waals surface area contributed by atoms with Crippen LogP contribution in [0.25, 0.3) is 4.96 Å². The topological polar surface area (TPSA) is 93.1 Å². The van der Waals surface area contributed by atoms with Crippen molar-refractivity contribution in [2.75, 3.05) is 18.0 Å². The molecule has 0 aliphatic carbocycles. The summed E-state index contributed by atoms with van der Waals surface area (Å²) in [5.41, 5.74) is -1.06. The van der Waals surface area contributed by atoms with E-state index >= 15 is 0 Å². The lowest BCUT2D eigenvalue weighted by Crippen LogP contribution is -2.43. The SMILES string of the molecule is O=[N+]([O-])c1c(N2CCC(O)(c3cccc(OC(F)(F)F)c3)CC2)nc2sccn12. The summed E-state index contributed by atoms with van der Waals surface area (Å²) < 4.78 is 42.7. The molecule has 0 atom stereocenters. The molecule has 2 aromatic heterocycles. The van der Waals surface area contributed by atoms with Gasteiger partial charge in [0, 0.05) is 18.5 Å². The van der Waals surface area contributed by atoms with Crippen LogP contribution in [0.3, 0.4) is 0 Å². The highest BCUT2D eigenvalue weighted by Crippen LogP contribution is 2.39. The Bertz CT molecular complexity index is 1060. The lowest BCUT2D eigenvalue weighted by Gasteiger charge is -2.38. The fraction of sp³-hybridized carbons (Fsp3) is 0.353. The van der Waals surface area contributed by atoms with Crippen LogP contribution in [0.5, 0.6) is 5.75 Å². The highest BCUT2D eigenvalue weighted by atomic mass is 32.1. The van der Waals surface area contributed by atoms with Crippen molar-refractivity contribution in [3.05, 3.63) is 51.5 Å². The lowest BCUT2D eigenvalue weighted by molar-refractivity contribution is -0.389. The first kappa shape index (κ1) is 19.5. The number of rotatable bonds is 4. The van der Waals surface area contributed by atoms with Crippen molar-refractivity contribution >= 4 is 27.9 Å². The fourth-order valence-corrected chi connectivity index (χ4v) is 4.21. The zero-order valence-corrected chi connectivity index (χ0v) is 15.6. The molecule has 12 heteroatoms. The number of alkyl halides is 3. The number of anilines is 1. The maximum absolute atomic E-state index is 12.5. The highest BCUT2D eigenvalue weighted by Gasteiger charge is 2.38. The second-order valence-corrected chi connectivity index (χ2v) is 7.54. The summed E-state index contributed by atoms with van der Waals surface area (Å²) in [6, 6.07) is 5.25. The van der Waals surface area contributed by atoms with Crippen LogP contribution >= 0.6 is 11.3 Å². The van der Waals surface area contributed by atoms with E-state index in [-0.39, 0.29) is 37.6 Å². The Balaban J connectivity index is 1.55. The van der Waals surface area contributed by atoms with Crippen molar-refractivity contribution in [2.45, 2.75) is 24.8 Å². The molecule has 4 rings (SSSR count). The van der Waals surface area contributed by atoms with E-state index in [9.17, 15) is 28.4 Å². The molecule has 1 N–H and O–H groups in total. The number of ether oxygens (including phenoxy) is 1. The molecule has 0 amide bonds. The van der Waals surface area contributed by atoms with Gasteiger partial charge in [0.05, 0.1) is 5.60 Å². The number of piperidine rings is 1. The van der Waals surface area contributed by atoms with Gasteiger partial charge in [0.2, 0.25) is 5.82 Å². The van der Waals surface area contributed by atoms with E-state index in [1.165, 1.54) is 27.9 Å². The van der Waals surface area contributed by atoms with Gasteiger partial charge < -0.3 is 24.9 Å². The summed E-state index contributed by atoms with van der Waals surface area (Å²) in [7, 11) is 0. The lowest BCUT2D eigenvalue weighted by atomic mass is 9.84. The second-order valence-electron chi connectivity index (χ2n) is 6.67. The van der Waals surface area contributed by atoms with Crippen molar-refractivity contribution < 1.29 is 27.9 Å². The summed E-state index contributed by atoms with van der Waals surface area (Å²) in [5.74, 6) is -0.332. The summed E-state index contributed by atoms with van der Waals surface area (Å²) in [5, 5.41) is 24.2. The van der Waals surface area contributed by atoms with Gasteiger partial charge in [-0.25, -0.2) is 0 Å². The maximum atomic E-state index is 12.5. The molecule has 0 bridgehead atoms. The van der Waals surface area contributed by atoms with Crippen LogP contribution in [0.15, 0.2) is 35.8 Å². The highest BCUT2D eigenvalue weighted by molar-refractivity contribution is 7.15. The monoisotopic (exact) mass is 428 g/mol. The van der Waals surface area contributed by atoms with Gasteiger partial charge in [-0.15, -0.1) is 13.2 Å². The molecule has 0 saturated carbocycles. The standard InChI is InChI=1S/C17H15F3N4O4S/c18-17(19,20)28-12-3-1-2-11(10-12)16(25)4-6-22(7-5-16)13-14(24(26)27)23-8-9-29-15(23)21-13/h1-3,8-10,25H,4-7H2. The first-order valence-electron chi connectivity index (χ1n) is 8.60. The quantitative estimate of drug-likeness (QED) is 0.503. The number of hydrogen-bond acceptors (Lipinski definition) is 7. The third kappa shape index (κ3) is 3.72. The molecule has 3 heterocycles. The molecule has 0 radical (unpaired) electrons. The van der Waals surface area contributed by atoms with Crippen LogP contribution in [0.2, 0.25) is 0 Å². The zero-order valence-electron chi connectivity index (χ0n) is 14.8. The van der Waals surface area contributed by atoms with Gasteiger partial charge in [0.15, 0.2) is 0 Å². The number of nitro groups is 1. The van der Waals surface area contributed by atoms with Crippen molar-refractivity contribution in [2.24, 2.45) is 0 Å². The Labute approximate surface area is 165 Å². The van der Waals surface area contributed by atoms with Crippen molar-refractivity contribution in [1.29, 1.82) is 0 Å². The van der Waals surface area contributed by atoms with E-state index in [1.54, 1.807) is 16.5 Å². The molecule has 0 spiro atoms. The Hall–Kier alpha value is -2.86. The van der Waals surface area contributed by atoms with E-state index in [0.29, 0.717) is 10.5 Å². The van der Waals surface area contributed by atoms with Crippen molar-refractivity contribution in [3.8, 4) is 5.75 Å². The number of fused-ring (bicyclic) bond motifs is 1. The Morgan fingerprint density at radius 2 is 2.03 bits per heavy atom. The van der Waals surface area contributed by atoms with Crippen LogP contribution in [-0.4, -0.2) is 38.9 Å². The first-order valence-corrected chi connectivity index (χ1v) is 9.48. The summed E-state index contributed by atoms with van der Waals surface area (Å²) in [6.45, 7) is 0.513. The largest absolute Gasteiger partial charge is 0.573 e. The van der Waals surface area contributed by atoms with E-state index in [2.05, 4.69) is 9.72 Å². The van der Waals surface area contributed by atoms with E-state index in [0.717, 1.165) is 12.1 Å². The third-order valence-electron chi connectivity index (χ3n) is 4.89. The minimum atomic E-state index is -4.82. The van der Waals surface area contributed by atoms with Gasteiger partial charge in [0.25, 0.3) is 4.96 Å². The number of hydrogen-bond donors (Lipinski definition) is 1. The number of aliphatic hydroxyl groups is 1. The van der Waals surface area contributed by atoms with Gasteiger partial charge in [-0.05, 0) is 35.5 Å². The molecule has 3 aromatic rings. The van der Waals surface area contributed by atoms with Crippen LogP contribution in [-0.2, 0) is 5.60 Å². The van der Waals surface area contributed by atoms with Crippen molar-refractivity contribution in [1.82, 2.24) is 9.38 Å². The fourth-order valence-electron chi connectivity index (χ4n) is 3.50. The number of thiazole rings is 1. The number of halogens is 3. The number of benzene rings is 1. The van der Waals surface area contributed by atoms with Crippen LogP contribution in [0, 0.1) is 10.1 Å². The Morgan fingerprint density at radius 1 is 1.31 bits per heavy atom. The normalized spacial score (nSPS) is 16.9. The Morgan fingerprint density at radius 3 is 2.69 bits per heavy atom. The minimum absolute atomic E-state index is 0.146. The van der Waals surface area contributed by atoms with Gasteiger partial charge >= 0.3 is 12.2 Å². The van der Waals surface area contributed by atoms with Gasteiger partial charge in [0.1, 0.15) is 11.9 Å². The predicted molar refractivity (Wildman–Crippen MR) is 98.2 cm³/mol. The summed E-state index contributed by atoms with van der Waals surface area (Å²) in [4.78, 5) is 17.5. The molecule has 1 aliphatic rings. The molecular formula is C17H15F3N4O4S. The number of aromatic nitrogens is 2. The average molecular weight is 428 g/mol. The van der Waals surface area contributed by atoms with Crippen molar-refractivity contribution in [3.63, 3.8) is 0 Å². The number of imidazole rings is 1. The second kappa shape index (κ2) is 6.88.